The van der Waals surface area contributed by atoms with Gasteiger partial charge in [-0.25, -0.2) is 4.98 Å². The third-order valence-corrected chi connectivity index (χ3v) is 4.48. The number of rotatable bonds is 5. The third kappa shape index (κ3) is 5.39. The van der Waals surface area contributed by atoms with Crippen molar-refractivity contribution in [1.82, 2.24) is 9.88 Å². The third-order valence-electron chi connectivity index (χ3n) is 4.48. The summed E-state index contributed by atoms with van der Waals surface area (Å²) in [5, 5.41) is 10.9. The van der Waals surface area contributed by atoms with E-state index in [1.165, 1.54) is 6.07 Å². The normalized spacial score (nSPS) is 16.3. The van der Waals surface area contributed by atoms with E-state index in [2.05, 4.69) is 14.8 Å². The van der Waals surface area contributed by atoms with Gasteiger partial charge in [0.05, 0.1) is 11.5 Å². The number of likely N-dealkylation sites (tertiary alicyclic amines) is 1. The second-order valence-corrected chi connectivity index (χ2v) is 7.74. The summed E-state index contributed by atoms with van der Waals surface area (Å²) < 4.78 is 5.37. The summed E-state index contributed by atoms with van der Waals surface area (Å²) in [5.41, 5.74) is -0.00855. The quantitative estimate of drug-likeness (QED) is 0.450. The number of carbonyl (C=O) groups excluding carboxylic acids is 1. The van der Waals surface area contributed by atoms with Crippen molar-refractivity contribution in [2.24, 2.45) is 0 Å². The van der Waals surface area contributed by atoms with E-state index in [0.717, 1.165) is 31.7 Å². The molecule has 0 saturated carbocycles. The summed E-state index contributed by atoms with van der Waals surface area (Å²) in [4.78, 5) is 31.0. The van der Waals surface area contributed by atoms with Crippen LogP contribution in [0.4, 0.5) is 11.5 Å². The summed E-state index contributed by atoms with van der Waals surface area (Å²) in [7, 11) is 1.96. The summed E-state index contributed by atoms with van der Waals surface area (Å²) in [5.74, 6) is 0.538. The maximum absolute atomic E-state index is 11.9. The monoisotopic (exact) mass is 364 g/mol. The van der Waals surface area contributed by atoms with E-state index < -0.39 is 10.5 Å². The number of pyridine rings is 1. The highest BCUT2D eigenvalue weighted by Crippen LogP contribution is 2.24. The highest BCUT2D eigenvalue weighted by atomic mass is 16.6. The van der Waals surface area contributed by atoms with Crippen molar-refractivity contribution in [2.45, 2.75) is 52.2 Å². The zero-order valence-corrected chi connectivity index (χ0v) is 16.2. The number of hydrogen-bond acceptors (Lipinski definition) is 7. The Bertz CT molecular complexity index is 664. The molecule has 1 aromatic rings. The molecule has 8 heteroatoms. The largest absolute Gasteiger partial charge is 0.459 e. The molecule has 0 radical (unpaired) electrons. The Kier molecular flexibility index (Phi) is 6.17. The van der Waals surface area contributed by atoms with Crippen LogP contribution in [0.15, 0.2) is 12.1 Å². The van der Waals surface area contributed by atoms with Crippen LogP contribution in [0.2, 0.25) is 0 Å². The Morgan fingerprint density at radius 2 is 2.00 bits per heavy atom. The van der Waals surface area contributed by atoms with Crippen LogP contribution in [0, 0.1) is 17.0 Å². The molecule has 2 heterocycles. The van der Waals surface area contributed by atoms with Gasteiger partial charge in [-0.1, -0.05) is 0 Å². The predicted molar refractivity (Wildman–Crippen MR) is 99.3 cm³/mol. The standard InChI is InChI=1S/C18H28N4O4/c1-13-15(22(24)25)6-7-16(19-13)20(5)14-8-10-21(11-9-14)12-17(23)26-18(2,3)4/h6-7,14H,8-12H2,1-5H3. The first-order chi connectivity index (χ1) is 12.1. The summed E-state index contributed by atoms with van der Waals surface area (Å²) in [6.45, 7) is 9.17. The molecule has 1 aliphatic heterocycles. The molecule has 144 valence electrons. The molecule has 0 unspecified atom stereocenters. The van der Waals surface area contributed by atoms with Gasteiger partial charge in [-0.05, 0) is 46.6 Å². The molecule has 8 nitrogen and oxygen atoms in total. The van der Waals surface area contributed by atoms with E-state index in [-0.39, 0.29) is 11.7 Å². The number of nitrogens with zero attached hydrogens (tertiary/aromatic N) is 4. The second kappa shape index (κ2) is 7.99. The van der Waals surface area contributed by atoms with Crippen LogP contribution in [0.5, 0.6) is 0 Å². The van der Waals surface area contributed by atoms with E-state index in [1.54, 1.807) is 13.0 Å². The SMILES string of the molecule is Cc1nc(N(C)C2CCN(CC(=O)OC(C)(C)C)CC2)ccc1[N+](=O)[O-]. The van der Waals surface area contributed by atoms with Crippen molar-refractivity contribution in [1.29, 1.82) is 0 Å². The van der Waals surface area contributed by atoms with Crippen molar-refractivity contribution in [3.63, 3.8) is 0 Å². The Morgan fingerprint density at radius 1 is 1.38 bits per heavy atom. The van der Waals surface area contributed by atoms with Gasteiger partial charge in [-0.3, -0.25) is 19.8 Å². The van der Waals surface area contributed by atoms with E-state index in [0.29, 0.717) is 18.3 Å². The van der Waals surface area contributed by atoms with Gasteiger partial charge in [-0.2, -0.15) is 0 Å². The zero-order valence-electron chi connectivity index (χ0n) is 16.2. The van der Waals surface area contributed by atoms with Crippen LogP contribution in [-0.4, -0.2) is 59.1 Å². The lowest BCUT2D eigenvalue weighted by molar-refractivity contribution is -0.385. The van der Waals surface area contributed by atoms with Gasteiger partial charge in [0.25, 0.3) is 5.69 Å². The minimum atomic E-state index is -0.463. The van der Waals surface area contributed by atoms with E-state index in [4.69, 9.17) is 4.74 Å². The number of anilines is 1. The highest BCUT2D eigenvalue weighted by Gasteiger charge is 2.26. The molecule has 0 aromatic carbocycles. The molecule has 0 atom stereocenters. The van der Waals surface area contributed by atoms with Crippen LogP contribution in [0.25, 0.3) is 0 Å². The number of piperidine rings is 1. The maximum Gasteiger partial charge on any atom is 0.320 e. The van der Waals surface area contributed by atoms with Gasteiger partial charge >= 0.3 is 5.97 Å². The fraction of sp³-hybridized carbons (Fsp3) is 0.667. The predicted octanol–water partition coefficient (Wildman–Crippen LogP) is 2.54. The van der Waals surface area contributed by atoms with Gasteiger partial charge in [-0.15, -0.1) is 0 Å². The van der Waals surface area contributed by atoms with Gasteiger partial charge in [0.1, 0.15) is 17.1 Å². The van der Waals surface area contributed by atoms with Gasteiger partial charge in [0.15, 0.2) is 0 Å². The molecule has 1 aliphatic rings. The van der Waals surface area contributed by atoms with Crippen molar-refractivity contribution >= 4 is 17.5 Å². The van der Waals surface area contributed by atoms with Crippen molar-refractivity contribution in [3.05, 3.63) is 27.9 Å². The molecule has 0 N–H and O–H groups in total. The van der Waals surface area contributed by atoms with Gasteiger partial charge < -0.3 is 9.64 Å². The zero-order chi connectivity index (χ0) is 19.5. The van der Waals surface area contributed by atoms with Crippen molar-refractivity contribution in [2.75, 3.05) is 31.6 Å². The number of hydrogen-bond donors (Lipinski definition) is 0. The summed E-state index contributed by atoms with van der Waals surface area (Å²) in [6.07, 6.45) is 1.80. The molecule has 0 bridgehead atoms. The van der Waals surface area contributed by atoms with Crippen molar-refractivity contribution in [3.8, 4) is 0 Å². The molecule has 1 saturated heterocycles. The van der Waals surface area contributed by atoms with E-state index in [9.17, 15) is 14.9 Å². The first-order valence-electron chi connectivity index (χ1n) is 8.86. The van der Waals surface area contributed by atoms with E-state index in [1.807, 2.05) is 27.8 Å². The summed E-state index contributed by atoms with van der Waals surface area (Å²) >= 11 is 0. The minimum Gasteiger partial charge on any atom is -0.459 e. The van der Waals surface area contributed by atoms with Crippen LogP contribution in [0.3, 0.4) is 0 Å². The molecule has 0 amide bonds. The fourth-order valence-electron chi connectivity index (χ4n) is 3.14. The Balaban J connectivity index is 1.90. The number of nitro groups is 1. The van der Waals surface area contributed by atoms with Crippen molar-refractivity contribution < 1.29 is 14.5 Å². The first-order valence-corrected chi connectivity index (χ1v) is 8.86. The second-order valence-electron chi connectivity index (χ2n) is 7.74. The van der Waals surface area contributed by atoms with Crippen LogP contribution >= 0.6 is 0 Å². The smallest absolute Gasteiger partial charge is 0.320 e. The molecular formula is C18H28N4O4. The highest BCUT2D eigenvalue weighted by molar-refractivity contribution is 5.72. The average molecular weight is 364 g/mol. The van der Waals surface area contributed by atoms with Crippen LogP contribution < -0.4 is 4.90 Å². The molecule has 1 fully saturated rings. The number of esters is 1. The van der Waals surface area contributed by atoms with E-state index >= 15 is 0 Å². The lowest BCUT2D eigenvalue weighted by Gasteiger charge is -2.37. The lowest BCUT2D eigenvalue weighted by atomic mass is 10.0. The molecule has 2 rings (SSSR count). The fourth-order valence-corrected chi connectivity index (χ4v) is 3.14. The average Bonchev–Trinajstić information content (AvgIpc) is 2.52. The number of aryl methyl sites for hydroxylation is 1. The Labute approximate surface area is 154 Å². The number of ether oxygens (including phenoxy) is 1. The Morgan fingerprint density at radius 3 is 2.50 bits per heavy atom. The van der Waals surface area contributed by atoms with Gasteiger partial charge in [0, 0.05) is 32.2 Å². The van der Waals surface area contributed by atoms with Gasteiger partial charge in [0.2, 0.25) is 0 Å². The Hall–Kier alpha value is -2.22. The summed E-state index contributed by atoms with van der Waals surface area (Å²) in [6, 6.07) is 3.49. The first kappa shape index (κ1) is 20.1. The molecule has 0 spiro atoms. The maximum atomic E-state index is 11.9. The van der Waals surface area contributed by atoms with Crippen LogP contribution in [0.1, 0.15) is 39.3 Å². The lowest BCUT2D eigenvalue weighted by Crippen LogP contribution is -2.46. The molecule has 1 aromatic heterocycles. The number of aromatic nitrogens is 1. The molecule has 26 heavy (non-hydrogen) atoms. The minimum absolute atomic E-state index is 0.0364. The number of carbonyl (C=O) groups is 1. The molecular weight excluding hydrogens is 336 g/mol. The molecule has 0 aliphatic carbocycles. The topological polar surface area (TPSA) is 88.8 Å². The van der Waals surface area contributed by atoms with Crippen LogP contribution in [-0.2, 0) is 9.53 Å².